The molecule has 0 saturated carbocycles. The van der Waals surface area contributed by atoms with Crippen molar-refractivity contribution >= 4 is 21.9 Å². The lowest BCUT2D eigenvalue weighted by atomic mass is 9.88. The van der Waals surface area contributed by atoms with E-state index in [4.69, 9.17) is 4.55 Å². The van der Waals surface area contributed by atoms with Gasteiger partial charge in [-0.2, -0.15) is 94.8 Å². The summed E-state index contributed by atoms with van der Waals surface area (Å²) >= 11 is -0.120. The molecule has 0 aromatic carbocycles. The van der Waals surface area contributed by atoms with Gasteiger partial charge in [-0.3, -0.25) is 4.55 Å². The molecular weight excluding hydrogens is 579 g/mol. The van der Waals surface area contributed by atoms with Crippen LogP contribution < -0.4 is 0 Å². The van der Waals surface area contributed by atoms with Gasteiger partial charge in [0, 0.05) is 12.2 Å². The van der Waals surface area contributed by atoms with E-state index in [2.05, 4.69) is 0 Å². The van der Waals surface area contributed by atoms with Crippen molar-refractivity contribution < 1.29 is 87.6 Å². The zero-order valence-electron chi connectivity index (χ0n) is 15.3. The summed E-state index contributed by atoms with van der Waals surface area (Å²) in [5, 5.41) is 0. The van der Waals surface area contributed by atoms with Crippen molar-refractivity contribution in [2.75, 3.05) is 17.3 Å². The summed E-state index contributed by atoms with van der Waals surface area (Å²) in [5.74, 6) is -60.3. The summed E-state index contributed by atoms with van der Waals surface area (Å²) < 4.78 is 250. The predicted octanol–water partition coefficient (Wildman–Crippen LogP) is 6.01. The molecule has 0 saturated heterocycles. The molecule has 0 bridgehead atoms. The van der Waals surface area contributed by atoms with Crippen LogP contribution in [0.5, 0.6) is 0 Å². The van der Waals surface area contributed by atoms with Crippen molar-refractivity contribution in [1.29, 1.82) is 0 Å². The standard InChI is InChI=1S/C12H9F17O3S2/c13-5(14,1-2-33-3-4-34(30,31)32)6(15,16)7(17,18)8(19,20)9(21,22)10(23,24)11(25,26)12(27,28)29/h1-4H2,(H,30,31,32). The van der Waals surface area contributed by atoms with Gasteiger partial charge in [0.2, 0.25) is 0 Å². The zero-order chi connectivity index (χ0) is 28.0. The molecule has 0 radical (unpaired) electrons. The molecule has 0 aromatic rings. The summed E-state index contributed by atoms with van der Waals surface area (Å²) in [5.41, 5.74) is 0. The molecule has 206 valence electrons. The zero-order valence-corrected chi connectivity index (χ0v) is 17.0. The van der Waals surface area contributed by atoms with Gasteiger partial charge >= 0.3 is 47.6 Å². The second-order valence-electron chi connectivity index (χ2n) is 6.30. The normalized spacial score (nSPS) is 16.2. The van der Waals surface area contributed by atoms with Crippen LogP contribution >= 0.6 is 11.8 Å². The van der Waals surface area contributed by atoms with Gasteiger partial charge in [-0.25, -0.2) is 0 Å². The van der Waals surface area contributed by atoms with Crippen molar-refractivity contribution in [3.8, 4) is 0 Å². The van der Waals surface area contributed by atoms with Crippen LogP contribution in [0, 0.1) is 0 Å². The molecule has 0 amide bonds. The van der Waals surface area contributed by atoms with Crippen LogP contribution in [0.4, 0.5) is 74.6 Å². The van der Waals surface area contributed by atoms with E-state index in [-0.39, 0.29) is 11.8 Å². The second-order valence-corrected chi connectivity index (χ2v) is 9.09. The Balaban J connectivity index is 6.15. The number of hydrogen-bond donors (Lipinski definition) is 1. The van der Waals surface area contributed by atoms with Gasteiger partial charge in [-0.15, -0.1) is 0 Å². The maximum atomic E-state index is 13.5. The van der Waals surface area contributed by atoms with E-state index in [9.17, 15) is 83.1 Å². The van der Waals surface area contributed by atoms with E-state index in [1.165, 1.54) is 0 Å². The number of alkyl halides is 17. The molecule has 3 nitrogen and oxygen atoms in total. The predicted molar refractivity (Wildman–Crippen MR) is 79.0 cm³/mol. The highest BCUT2D eigenvalue weighted by Gasteiger charge is 2.95. The van der Waals surface area contributed by atoms with Crippen LogP contribution in [0.2, 0.25) is 0 Å². The third-order valence-corrected chi connectivity index (χ3v) is 5.80. The van der Waals surface area contributed by atoms with Crippen LogP contribution in [0.15, 0.2) is 0 Å². The lowest BCUT2D eigenvalue weighted by Crippen LogP contribution is -2.74. The molecule has 0 aliphatic heterocycles. The molecule has 0 heterocycles. The van der Waals surface area contributed by atoms with Gasteiger partial charge < -0.3 is 0 Å². The van der Waals surface area contributed by atoms with Crippen molar-refractivity contribution in [1.82, 2.24) is 0 Å². The van der Waals surface area contributed by atoms with Gasteiger partial charge in [0.05, 0.1) is 5.75 Å². The Kier molecular flexibility index (Phi) is 8.93. The van der Waals surface area contributed by atoms with Gasteiger partial charge in [-0.05, 0) is 5.75 Å². The monoisotopic (exact) mass is 588 g/mol. The van der Waals surface area contributed by atoms with Crippen LogP contribution in [-0.2, 0) is 10.1 Å². The van der Waals surface area contributed by atoms with Gasteiger partial charge in [0.25, 0.3) is 10.1 Å². The van der Waals surface area contributed by atoms with Crippen LogP contribution in [-0.4, -0.2) is 77.9 Å². The van der Waals surface area contributed by atoms with E-state index in [1.807, 2.05) is 0 Å². The lowest BCUT2D eigenvalue weighted by molar-refractivity contribution is -0.461. The van der Waals surface area contributed by atoms with Crippen LogP contribution in [0.25, 0.3) is 0 Å². The third kappa shape index (κ3) is 5.41. The molecule has 0 unspecified atom stereocenters. The molecular formula is C12H9F17O3S2. The third-order valence-electron chi connectivity index (χ3n) is 3.83. The highest BCUT2D eigenvalue weighted by Crippen LogP contribution is 2.64. The SMILES string of the molecule is O=S(=O)(O)CCSCCC(F)(F)C(F)(F)C(F)(F)C(F)(F)C(F)(F)C(F)(F)C(F)(F)C(F)(F)F. The Morgan fingerprint density at radius 2 is 0.853 bits per heavy atom. The average Bonchev–Trinajstić information content (AvgIpc) is 2.58. The average molecular weight is 588 g/mol. The van der Waals surface area contributed by atoms with E-state index in [0.29, 0.717) is 0 Å². The minimum Gasteiger partial charge on any atom is -0.286 e. The number of rotatable bonds is 12. The number of thioether (sulfide) groups is 1. The maximum absolute atomic E-state index is 13.5. The van der Waals surface area contributed by atoms with Crippen LogP contribution in [0.3, 0.4) is 0 Å². The summed E-state index contributed by atoms with van der Waals surface area (Å²) in [6, 6.07) is 0. The molecule has 0 atom stereocenters. The Labute approximate surface area is 181 Å². The summed E-state index contributed by atoms with van der Waals surface area (Å²) in [6.07, 6.45) is -10.5. The van der Waals surface area contributed by atoms with Crippen molar-refractivity contribution in [3.05, 3.63) is 0 Å². The molecule has 0 spiro atoms. The van der Waals surface area contributed by atoms with Crippen LogP contribution in [0.1, 0.15) is 6.42 Å². The Morgan fingerprint density at radius 1 is 0.529 bits per heavy atom. The molecule has 0 aromatic heterocycles. The minimum absolute atomic E-state index is 0.120. The molecule has 0 aliphatic rings. The fraction of sp³-hybridized carbons (Fsp3) is 1.00. The van der Waals surface area contributed by atoms with E-state index in [1.54, 1.807) is 0 Å². The number of hydrogen-bond acceptors (Lipinski definition) is 3. The fourth-order valence-corrected chi connectivity index (χ4v) is 3.74. The smallest absolute Gasteiger partial charge is 0.286 e. The van der Waals surface area contributed by atoms with E-state index >= 15 is 0 Å². The van der Waals surface area contributed by atoms with Crippen molar-refractivity contribution in [2.45, 2.75) is 54.1 Å². The van der Waals surface area contributed by atoms with Gasteiger partial charge in [0.1, 0.15) is 0 Å². The molecule has 0 fully saturated rings. The molecule has 0 rings (SSSR count). The summed E-state index contributed by atoms with van der Waals surface area (Å²) in [6.45, 7) is 0. The second kappa shape index (κ2) is 9.18. The topological polar surface area (TPSA) is 54.4 Å². The Hall–Kier alpha value is -0.930. The largest absolute Gasteiger partial charge is 0.460 e. The first-order valence-corrected chi connectivity index (χ1v) is 10.5. The Morgan fingerprint density at radius 3 is 1.18 bits per heavy atom. The molecule has 0 aliphatic carbocycles. The van der Waals surface area contributed by atoms with E-state index < -0.39 is 81.4 Å². The molecule has 34 heavy (non-hydrogen) atoms. The quantitative estimate of drug-likeness (QED) is 0.173. The summed E-state index contributed by atoms with van der Waals surface area (Å²) in [7, 11) is -4.74. The highest BCUT2D eigenvalue weighted by molar-refractivity contribution is 8.00. The first-order chi connectivity index (χ1) is 14.5. The van der Waals surface area contributed by atoms with Gasteiger partial charge in [-0.1, -0.05) is 0 Å². The number of halogens is 17. The van der Waals surface area contributed by atoms with E-state index in [0.717, 1.165) is 0 Å². The minimum atomic E-state index is -8.67. The fourth-order valence-electron chi connectivity index (χ4n) is 1.82. The summed E-state index contributed by atoms with van der Waals surface area (Å²) in [4.78, 5) is 0. The first kappa shape index (κ1) is 33.1. The highest BCUT2D eigenvalue weighted by atomic mass is 32.2. The lowest BCUT2D eigenvalue weighted by Gasteiger charge is -2.42. The molecule has 1 N–H and O–H groups in total. The van der Waals surface area contributed by atoms with Gasteiger partial charge in [0.15, 0.2) is 0 Å². The Bertz CT molecular complexity index is 818. The first-order valence-electron chi connectivity index (χ1n) is 7.70. The maximum Gasteiger partial charge on any atom is 0.460 e. The molecule has 22 heteroatoms. The van der Waals surface area contributed by atoms with Crippen molar-refractivity contribution in [3.63, 3.8) is 0 Å². The van der Waals surface area contributed by atoms with Crippen molar-refractivity contribution in [2.24, 2.45) is 0 Å².